The maximum absolute atomic E-state index is 12.5. The standard InChI is InChI=1S/C14H22N3O8P/c1-17(6-2-3-7-17)26(22,23)24-8-9-11(19)12(20)13(25-9)16-5-4-10(18)15-14(16)21/h4-5,9,11-13,19-20H,2-3,6-8H2,1H3,(H-,15,18,21,22,23)/p+1/t9-,11-,12-,13-/m1/s1. The minimum Gasteiger partial charge on any atom is -0.387 e. The molecule has 0 bridgehead atoms. The lowest BCUT2D eigenvalue weighted by atomic mass is 10.1. The molecule has 2 saturated heterocycles. The van der Waals surface area contributed by atoms with Crippen molar-refractivity contribution in [1.82, 2.24) is 9.55 Å². The van der Waals surface area contributed by atoms with E-state index in [1.165, 1.54) is 0 Å². The molecule has 0 spiro atoms. The first-order chi connectivity index (χ1) is 12.1. The fraction of sp³-hybridized carbons (Fsp3) is 0.714. The number of aliphatic hydroxyl groups is 2. The molecule has 0 aliphatic carbocycles. The van der Waals surface area contributed by atoms with E-state index in [2.05, 4.69) is 0 Å². The van der Waals surface area contributed by atoms with Gasteiger partial charge in [-0.1, -0.05) is 0 Å². The van der Waals surface area contributed by atoms with E-state index in [4.69, 9.17) is 9.26 Å². The van der Waals surface area contributed by atoms with Gasteiger partial charge in [0.05, 0.1) is 26.7 Å². The second-order valence-electron chi connectivity index (χ2n) is 6.84. The number of nitrogens with zero attached hydrogens (tertiary/aromatic N) is 2. The fourth-order valence-corrected chi connectivity index (χ4v) is 4.71. The van der Waals surface area contributed by atoms with Crippen LogP contribution >= 0.6 is 7.75 Å². The third-order valence-corrected chi connectivity index (χ3v) is 7.12. The number of rotatable bonds is 5. The number of aromatic amines is 1. The first-order valence-electron chi connectivity index (χ1n) is 8.30. The summed E-state index contributed by atoms with van der Waals surface area (Å²) in [5, 5.41) is 20.3. The molecule has 146 valence electrons. The van der Waals surface area contributed by atoms with Crippen molar-refractivity contribution in [2.24, 2.45) is 0 Å². The van der Waals surface area contributed by atoms with Crippen LogP contribution in [0.4, 0.5) is 0 Å². The van der Waals surface area contributed by atoms with Gasteiger partial charge in [0, 0.05) is 25.1 Å². The molecule has 12 heteroatoms. The molecule has 1 aromatic heterocycles. The largest absolute Gasteiger partial charge is 0.528 e. The summed E-state index contributed by atoms with van der Waals surface area (Å²) in [6.45, 7) is 0.605. The van der Waals surface area contributed by atoms with Crippen molar-refractivity contribution in [3.63, 3.8) is 0 Å². The summed E-state index contributed by atoms with van der Waals surface area (Å²) >= 11 is 0. The van der Waals surface area contributed by atoms with Crippen LogP contribution in [0.1, 0.15) is 19.1 Å². The molecule has 0 amide bonds. The Balaban J connectivity index is 1.71. The zero-order valence-electron chi connectivity index (χ0n) is 14.2. The van der Waals surface area contributed by atoms with Crippen LogP contribution in [0.15, 0.2) is 21.9 Å². The third kappa shape index (κ3) is 3.44. The molecule has 0 radical (unpaired) electrons. The van der Waals surface area contributed by atoms with Crippen LogP contribution in [-0.4, -0.2) is 74.0 Å². The van der Waals surface area contributed by atoms with Crippen molar-refractivity contribution < 1.29 is 33.2 Å². The van der Waals surface area contributed by atoms with E-state index in [0.29, 0.717) is 13.1 Å². The highest BCUT2D eigenvalue weighted by Gasteiger charge is 2.50. The highest BCUT2D eigenvalue weighted by atomic mass is 31.2. The van der Waals surface area contributed by atoms with Gasteiger partial charge in [-0.25, -0.2) is 13.6 Å². The maximum atomic E-state index is 12.5. The van der Waals surface area contributed by atoms with E-state index in [1.54, 1.807) is 7.05 Å². The second-order valence-corrected chi connectivity index (χ2v) is 9.05. The lowest BCUT2D eigenvalue weighted by Crippen LogP contribution is -2.39. The topological polar surface area (TPSA) is 151 Å². The van der Waals surface area contributed by atoms with Crippen LogP contribution < -0.4 is 11.2 Å². The molecule has 5 atom stereocenters. The Morgan fingerprint density at radius 1 is 1.35 bits per heavy atom. The third-order valence-electron chi connectivity index (χ3n) is 5.01. The SMILES string of the molecule is C[N+]1(P(=O)(O)OC[C@H]2O[C@@H](n3ccc(=O)[nH]c3=O)[C@H](O)[C@@H]2O)CCCC1. The predicted octanol–water partition coefficient (Wildman–Crippen LogP) is -1.49. The molecule has 11 nitrogen and oxygen atoms in total. The molecule has 2 fully saturated rings. The lowest BCUT2D eigenvalue weighted by Gasteiger charge is -2.32. The van der Waals surface area contributed by atoms with E-state index in [1.807, 2.05) is 4.98 Å². The number of aromatic nitrogens is 2. The Labute approximate surface area is 148 Å². The molecule has 4 N–H and O–H groups in total. The van der Waals surface area contributed by atoms with Gasteiger partial charge in [0.1, 0.15) is 18.3 Å². The average molecular weight is 392 g/mol. The van der Waals surface area contributed by atoms with Crippen molar-refractivity contribution in [1.29, 1.82) is 0 Å². The Hall–Kier alpha value is -1.33. The van der Waals surface area contributed by atoms with Gasteiger partial charge < -0.3 is 14.9 Å². The molecule has 3 heterocycles. The molecule has 1 unspecified atom stereocenters. The fourth-order valence-electron chi connectivity index (χ4n) is 3.30. The molecular formula is C14H23N3O8P+. The van der Waals surface area contributed by atoms with Crippen molar-refractivity contribution in [3.8, 4) is 0 Å². The van der Waals surface area contributed by atoms with E-state index >= 15 is 0 Å². The molecule has 2 aliphatic heterocycles. The molecule has 0 aromatic carbocycles. The summed E-state index contributed by atoms with van der Waals surface area (Å²) < 4.78 is 24.0. The molecule has 2 aliphatic rings. The highest BCUT2D eigenvalue weighted by Crippen LogP contribution is 2.54. The molecule has 26 heavy (non-hydrogen) atoms. The van der Waals surface area contributed by atoms with Crippen molar-refractivity contribution in [2.45, 2.75) is 37.4 Å². The van der Waals surface area contributed by atoms with Crippen molar-refractivity contribution >= 4 is 7.75 Å². The van der Waals surface area contributed by atoms with Crippen molar-refractivity contribution in [2.75, 3.05) is 26.7 Å². The van der Waals surface area contributed by atoms with Gasteiger partial charge in [0.25, 0.3) is 5.56 Å². The van der Waals surface area contributed by atoms with Gasteiger partial charge >= 0.3 is 13.4 Å². The predicted molar refractivity (Wildman–Crippen MR) is 88.2 cm³/mol. The Kier molecular flexibility index (Phi) is 5.24. The van der Waals surface area contributed by atoms with E-state index in [-0.39, 0.29) is 4.25 Å². The maximum Gasteiger partial charge on any atom is 0.528 e. The number of ether oxygens (including phenoxy) is 1. The smallest absolute Gasteiger partial charge is 0.387 e. The van der Waals surface area contributed by atoms with Gasteiger partial charge in [-0.05, 0) is 0 Å². The number of hydrogen-bond acceptors (Lipinski definition) is 7. The van der Waals surface area contributed by atoms with Crippen molar-refractivity contribution in [3.05, 3.63) is 33.1 Å². The van der Waals surface area contributed by atoms with Crippen LogP contribution in [0, 0.1) is 0 Å². The van der Waals surface area contributed by atoms with Crippen LogP contribution in [-0.2, 0) is 13.8 Å². The van der Waals surface area contributed by atoms with Gasteiger partial charge in [0.15, 0.2) is 6.23 Å². The van der Waals surface area contributed by atoms with Crippen LogP contribution in [0.3, 0.4) is 0 Å². The highest BCUT2D eigenvalue weighted by molar-refractivity contribution is 7.46. The summed E-state index contributed by atoms with van der Waals surface area (Å²) in [5.74, 6) is 0. The van der Waals surface area contributed by atoms with Crippen LogP contribution in [0.5, 0.6) is 0 Å². The van der Waals surface area contributed by atoms with Crippen LogP contribution in [0.2, 0.25) is 0 Å². The Morgan fingerprint density at radius 2 is 2.00 bits per heavy atom. The number of aliphatic hydroxyl groups excluding tert-OH is 2. The quantitative estimate of drug-likeness (QED) is 0.443. The number of likely N-dealkylation sites (tertiary alicyclic amines) is 1. The normalized spacial score (nSPS) is 33.2. The Bertz CT molecular complexity index is 817. The van der Waals surface area contributed by atoms with E-state index in [0.717, 1.165) is 29.7 Å². The van der Waals surface area contributed by atoms with E-state index in [9.17, 15) is 29.3 Å². The molecule has 3 rings (SSSR count). The molecule has 0 saturated carbocycles. The molecule has 1 aromatic rings. The first kappa shape index (κ1) is 19.4. The summed E-state index contributed by atoms with van der Waals surface area (Å²) in [7, 11) is -2.37. The summed E-state index contributed by atoms with van der Waals surface area (Å²) in [5.41, 5.74) is -1.42. The minimum atomic E-state index is -4.01. The first-order valence-corrected chi connectivity index (χ1v) is 9.83. The Morgan fingerprint density at radius 3 is 2.62 bits per heavy atom. The second kappa shape index (κ2) is 7.01. The van der Waals surface area contributed by atoms with Gasteiger partial charge in [-0.3, -0.25) is 23.8 Å². The van der Waals surface area contributed by atoms with Gasteiger partial charge in [0.2, 0.25) is 0 Å². The zero-order chi connectivity index (χ0) is 19.1. The average Bonchev–Trinajstić information content (AvgIpc) is 3.13. The number of H-pyrrole nitrogens is 1. The number of hydrogen-bond donors (Lipinski definition) is 4. The molecular weight excluding hydrogens is 369 g/mol. The zero-order valence-corrected chi connectivity index (χ0v) is 15.1. The van der Waals surface area contributed by atoms with E-state index < -0.39 is 50.1 Å². The summed E-state index contributed by atoms with van der Waals surface area (Å²) in [6.07, 6.45) is -2.48. The van der Waals surface area contributed by atoms with Gasteiger partial charge in [-0.15, -0.1) is 0 Å². The van der Waals surface area contributed by atoms with Gasteiger partial charge in [-0.2, -0.15) is 0 Å². The number of quaternary nitrogens is 1. The monoisotopic (exact) mass is 392 g/mol. The minimum absolute atomic E-state index is 0.110. The van der Waals surface area contributed by atoms with Crippen LogP contribution in [0.25, 0.3) is 0 Å². The number of nitrogens with one attached hydrogen (secondary N) is 1. The summed E-state index contributed by atoms with van der Waals surface area (Å²) in [6, 6.07) is 1.08. The summed E-state index contributed by atoms with van der Waals surface area (Å²) in [4.78, 5) is 35.2. The lowest BCUT2D eigenvalue weighted by molar-refractivity contribution is -0.789.